The Morgan fingerprint density at radius 1 is 1.22 bits per heavy atom. The number of hydrogen-bond acceptors (Lipinski definition) is 6. The van der Waals surface area contributed by atoms with Crippen LogP contribution in [0.1, 0.15) is 33.2 Å². The summed E-state index contributed by atoms with van der Waals surface area (Å²) in [5.41, 5.74) is 0.764. The zero-order valence-corrected chi connectivity index (χ0v) is 17.6. The first-order valence-electron chi connectivity index (χ1n) is 9.25. The van der Waals surface area contributed by atoms with Crippen molar-refractivity contribution in [2.24, 2.45) is 0 Å². The third kappa shape index (κ3) is 4.21. The number of rotatable bonds is 7. The summed E-state index contributed by atoms with van der Waals surface area (Å²) < 4.78 is 34.8. The van der Waals surface area contributed by atoms with Crippen LogP contribution < -0.4 is 0 Å². The van der Waals surface area contributed by atoms with Crippen LogP contribution in [0.2, 0.25) is 0 Å². The first-order chi connectivity index (χ1) is 13.0. The smallest absolute Gasteiger partial charge is 0.243 e. The molecule has 9 heteroatoms. The van der Waals surface area contributed by atoms with E-state index >= 15 is 0 Å². The van der Waals surface area contributed by atoms with Crippen LogP contribution in [0.4, 0.5) is 0 Å². The second-order valence-corrected chi connectivity index (χ2v) is 9.58. The van der Waals surface area contributed by atoms with E-state index in [1.807, 2.05) is 6.07 Å². The maximum atomic E-state index is 13.0. The zero-order valence-electron chi connectivity index (χ0n) is 16.0. The maximum Gasteiger partial charge on any atom is 0.243 e. The molecular formula is C18H26N4O3S2. The van der Waals surface area contributed by atoms with Gasteiger partial charge in [0, 0.05) is 24.7 Å². The summed E-state index contributed by atoms with van der Waals surface area (Å²) in [5, 5.41) is 9.57. The number of thioether (sulfide) groups is 1. The molecule has 7 nitrogen and oxygen atoms in total. The molecule has 148 valence electrons. The van der Waals surface area contributed by atoms with E-state index in [9.17, 15) is 8.42 Å². The molecule has 2 heterocycles. The van der Waals surface area contributed by atoms with Crippen LogP contribution in [0.3, 0.4) is 0 Å². The third-order valence-corrected chi connectivity index (χ3v) is 7.39. The highest BCUT2D eigenvalue weighted by Crippen LogP contribution is 2.30. The molecule has 1 aromatic carbocycles. The second-order valence-electron chi connectivity index (χ2n) is 6.41. The van der Waals surface area contributed by atoms with Crippen LogP contribution >= 0.6 is 11.8 Å². The van der Waals surface area contributed by atoms with Gasteiger partial charge >= 0.3 is 0 Å². The minimum absolute atomic E-state index is 0.226. The monoisotopic (exact) mass is 410 g/mol. The Balaban J connectivity index is 2.01. The van der Waals surface area contributed by atoms with E-state index in [-0.39, 0.29) is 10.9 Å². The average Bonchev–Trinajstić information content (AvgIpc) is 3.12. The van der Waals surface area contributed by atoms with Crippen LogP contribution in [0.15, 0.2) is 34.3 Å². The van der Waals surface area contributed by atoms with Crippen molar-refractivity contribution in [1.82, 2.24) is 19.1 Å². The van der Waals surface area contributed by atoms with Gasteiger partial charge in [0.15, 0.2) is 11.0 Å². The molecule has 1 aromatic heterocycles. The van der Waals surface area contributed by atoms with E-state index in [4.69, 9.17) is 4.74 Å². The molecule has 0 unspecified atom stereocenters. The van der Waals surface area contributed by atoms with Crippen molar-refractivity contribution in [1.29, 1.82) is 0 Å². The zero-order chi connectivity index (χ0) is 19.4. The molecule has 0 saturated carbocycles. The highest BCUT2D eigenvalue weighted by atomic mass is 32.2. The number of morpholine rings is 1. The number of ether oxygens (including phenoxy) is 1. The Labute approximate surface area is 165 Å². The number of benzene rings is 1. The molecule has 1 atom stereocenters. The largest absolute Gasteiger partial charge is 0.379 e. The van der Waals surface area contributed by atoms with Gasteiger partial charge in [0.1, 0.15) is 0 Å². The molecule has 0 radical (unpaired) electrons. The Morgan fingerprint density at radius 3 is 2.63 bits per heavy atom. The van der Waals surface area contributed by atoms with Gasteiger partial charge in [-0.3, -0.25) is 4.57 Å². The number of nitrogens with zero attached hydrogens (tertiary/aromatic N) is 4. The lowest BCUT2D eigenvalue weighted by Crippen LogP contribution is -2.40. The summed E-state index contributed by atoms with van der Waals surface area (Å²) in [7, 11) is -3.54. The van der Waals surface area contributed by atoms with Crippen molar-refractivity contribution >= 4 is 21.8 Å². The van der Waals surface area contributed by atoms with Crippen molar-refractivity contribution in [2.45, 2.75) is 43.3 Å². The molecule has 0 aliphatic carbocycles. The lowest BCUT2D eigenvalue weighted by molar-refractivity contribution is 0.0730. The van der Waals surface area contributed by atoms with Gasteiger partial charge in [-0.05, 0) is 31.2 Å². The minimum Gasteiger partial charge on any atom is -0.379 e. The highest BCUT2D eigenvalue weighted by Gasteiger charge is 2.27. The summed E-state index contributed by atoms with van der Waals surface area (Å²) in [4.78, 5) is 0.283. The lowest BCUT2D eigenvalue weighted by atomic mass is 10.2. The molecule has 1 fully saturated rings. The molecule has 0 N–H and O–H groups in total. The average molecular weight is 411 g/mol. The second kappa shape index (κ2) is 8.72. The fourth-order valence-electron chi connectivity index (χ4n) is 3.01. The van der Waals surface area contributed by atoms with Gasteiger partial charge in [0.05, 0.1) is 18.1 Å². The summed E-state index contributed by atoms with van der Waals surface area (Å²) >= 11 is 1.64. The van der Waals surface area contributed by atoms with Gasteiger partial charge in [0.2, 0.25) is 10.0 Å². The van der Waals surface area contributed by atoms with Crippen LogP contribution in [0.25, 0.3) is 11.4 Å². The fraction of sp³-hybridized carbons (Fsp3) is 0.556. The number of aromatic nitrogens is 3. The van der Waals surface area contributed by atoms with Crippen molar-refractivity contribution < 1.29 is 13.2 Å². The van der Waals surface area contributed by atoms with E-state index < -0.39 is 10.0 Å². The quantitative estimate of drug-likeness (QED) is 0.653. The van der Waals surface area contributed by atoms with Crippen molar-refractivity contribution in [3.8, 4) is 11.4 Å². The molecule has 1 saturated heterocycles. The van der Waals surface area contributed by atoms with Gasteiger partial charge in [-0.2, -0.15) is 4.31 Å². The standard InChI is InChI=1S/C18H26N4O3S2/c1-4-14(3)22-17(19-20-18(22)26-5-2)15-7-6-8-16(13-15)27(23,24)21-9-11-25-12-10-21/h6-8,13-14H,4-5,9-12H2,1-3H3/t14-/m0/s1. The molecule has 27 heavy (non-hydrogen) atoms. The van der Waals surface area contributed by atoms with Gasteiger partial charge < -0.3 is 4.74 Å². The summed E-state index contributed by atoms with van der Waals surface area (Å²) in [6.45, 7) is 7.95. The normalized spacial score (nSPS) is 17.1. The third-order valence-electron chi connectivity index (χ3n) is 4.67. The molecule has 0 spiro atoms. The van der Waals surface area contributed by atoms with E-state index in [1.54, 1.807) is 30.0 Å². The van der Waals surface area contributed by atoms with Crippen molar-refractivity contribution in [3.05, 3.63) is 24.3 Å². The molecule has 1 aliphatic rings. The first kappa shape index (κ1) is 20.3. The topological polar surface area (TPSA) is 77.3 Å². The van der Waals surface area contributed by atoms with E-state index in [2.05, 4.69) is 35.5 Å². The summed E-state index contributed by atoms with van der Waals surface area (Å²) in [6, 6.07) is 7.23. The first-order valence-corrected chi connectivity index (χ1v) is 11.7. The number of sulfonamides is 1. The SMILES string of the molecule is CCSc1nnc(-c2cccc(S(=O)(=O)N3CCOCC3)c2)n1[C@@H](C)CC. The van der Waals surface area contributed by atoms with Crippen molar-refractivity contribution in [2.75, 3.05) is 32.1 Å². The van der Waals surface area contributed by atoms with Gasteiger partial charge in [-0.15, -0.1) is 10.2 Å². The Hall–Kier alpha value is -1.42. The van der Waals surface area contributed by atoms with Gasteiger partial charge in [-0.1, -0.05) is 37.7 Å². The fourth-order valence-corrected chi connectivity index (χ4v) is 5.23. The summed E-state index contributed by atoms with van der Waals surface area (Å²) in [6.07, 6.45) is 0.939. The van der Waals surface area contributed by atoms with Crippen LogP contribution in [0.5, 0.6) is 0 Å². The predicted molar refractivity (Wildman–Crippen MR) is 106 cm³/mol. The van der Waals surface area contributed by atoms with Crippen molar-refractivity contribution in [3.63, 3.8) is 0 Å². The van der Waals surface area contributed by atoms with Crippen LogP contribution in [0, 0.1) is 0 Å². The summed E-state index contributed by atoms with van der Waals surface area (Å²) in [5.74, 6) is 1.61. The highest BCUT2D eigenvalue weighted by molar-refractivity contribution is 7.99. The molecule has 0 bridgehead atoms. The molecule has 0 amide bonds. The number of hydrogen-bond donors (Lipinski definition) is 0. The van der Waals surface area contributed by atoms with Crippen LogP contribution in [-0.2, 0) is 14.8 Å². The Morgan fingerprint density at radius 2 is 1.96 bits per heavy atom. The Bertz CT molecular complexity index is 876. The predicted octanol–water partition coefficient (Wildman–Crippen LogP) is 3.05. The van der Waals surface area contributed by atoms with E-state index in [1.165, 1.54) is 4.31 Å². The molecular weight excluding hydrogens is 384 g/mol. The lowest BCUT2D eigenvalue weighted by Gasteiger charge is -2.26. The molecule has 2 aromatic rings. The van der Waals surface area contributed by atoms with Gasteiger partial charge in [-0.25, -0.2) is 8.42 Å². The van der Waals surface area contributed by atoms with E-state index in [0.717, 1.165) is 22.9 Å². The van der Waals surface area contributed by atoms with Gasteiger partial charge in [0.25, 0.3) is 0 Å². The van der Waals surface area contributed by atoms with E-state index in [0.29, 0.717) is 32.1 Å². The molecule has 3 rings (SSSR count). The molecule has 1 aliphatic heterocycles. The van der Waals surface area contributed by atoms with Crippen LogP contribution in [-0.4, -0.2) is 59.5 Å². The minimum atomic E-state index is -3.54. The Kier molecular flexibility index (Phi) is 6.56. The maximum absolute atomic E-state index is 13.0.